The molecule has 0 atom stereocenters. The Morgan fingerprint density at radius 1 is 1.25 bits per heavy atom. The molecule has 5 nitrogen and oxygen atoms in total. The van der Waals surface area contributed by atoms with Gasteiger partial charge in [-0.2, -0.15) is 13.2 Å². The molecule has 2 N–H and O–H groups in total. The normalized spacial score (nSPS) is 12.2. The molecule has 0 saturated heterocycles. The molecule has 11 heteroatoms. The minimum atomic E-state index is -4.88. The van der Waals surface area contributed by atoms with Crippen LogP contribution in [0.1, 0.15) is 14.5 Å². The largest absolute Gasteiger partial charge is 0.465 e. The number of benzene rings is 1. The molecule has 1 heterocycles. The molecule has 1 aromatic carbocycles. The van der Waals surface area contributed by atoms with E-state index in [0.29, 0.717) is 4.47 Å². The van der Waals surface area contributed by atoms with E-state index in [2.05, 4.69) is 20.7 Å². The SMILES string of the molecule is COC(=O)c1sc(C(F)(F)F)c(-c2ccc(Br)cc2)c1S(N)(=O)=O. The summed E-state index contributed by atoms with van der Waals surface area (Å²) in [5, 5.41) is 5.07. The predicted octanol–water partition coefficient (Wildman–Crippen LogP) is 3.63. The second kappa shape index (κ2) is 6.47. The molecule has 0 amide bonds. The number of alkyl halides is 3. The minimum Gasteiger partial charge on any atom is -0.465 e. The van der Waals surface area contributed by atoms with Gasteiger partial charge in [0.05, 0.1) is 7.11 Å². The molecule has 0 bridgehead atoms. The Hall–Kier alpha value is -1.43. The first-order valence-corrected chi connectivity index (χ1v) is 9.23. The third-order valence-electron chi connectivity index (χ3n) is 2.91. The number of sulfonamides is 1. The quantitative estimate of drug-likeness (QED) is 0.733. The van der Waals surface area contributed by atoms with Crippen molar-refractivity contribution in [2.45, 2.75) is 11.1 Å². The second-order valence-electron chi connectivity index (χ2n) is 4.51. The van der Waals surface area contributed by atoms with E-state index >= 15 is 0 Å². The molecule has 2 rings (SSSR count). The Kier molecular flexibility index (Phi) is 5.09. The second-order valence-corrected chi connectivity index (χ2v) is 7.94. The summed E-state index contributed by atoms with van der Waals surface area (Å²) in [6.07, 6.45) is -4.88. The summed E-state index contributed by atoms with van der Waals surface area (Å²) in [6.45, 7) is 0. The van der Waals surface area contributed by atoms with Crippen molar-refractivity contribution in [1.29, 1.82) is 0 Å². The number of halogens is 4. The highest BCUT2D eigenvalue weighted by atomic mass is 79.9. The topological polar surface area (TPSA) is 86.5 Å². The van der Waals surface area contributed by atoms with Gasteiger partial charge in [0.1, 0.15) is 14.6 Å². The molecule has 24 heavy (non-hydrogen) atoms. The minimum absolute atomic E-state index is 0.0188. The number of hydrogen-bond donors (Lipinski definition) is 1. The highest BCUT2D eigenvalue weighted by Gasteiger charge is 2.42. The van der Waals surface area contributed by atoms with Gasteiger partial charge in [-0.1, -0.05) is 28.1 Å². The number of carbonyl (C=O) groups is 1. The maximum Gasteiger partial charge on any atom is 0.426 e. The molecule has 2 aromatic rings. The number of carbonyl (C=O) groups excluding carboxylic acids is 1. The summed E-state index contributed by atoms with van der Waals surface area (Å²) in [7, 11) is -3.69. The van der Waals surface area contributed by atoms with Crippen molar-refractivity contribution in [2.75, 3.05) is 7.11 Å². The Labute approximate surface area is 147 Å². The third-order valence-corrected chi connectivity index (χ3v) is 5.76. The number of primary sulfonamides is 1. The fourth-order valence-electron chi connectivity index (χ4n) is 1.99. The summed E-state index contributed by atoms with van der Waals surface area (Å²) in [5.74, 6) is -1.21. The van der Waals surface area contributed by atoms with Gasteiger partial charge < -0.3 is 4.74 Å². The lowest BCUT2D eigenvalue weighted by Gasteiger charge is -2.10. The zero-order valence-corrected chi connectivity index (χ0v) is 15.1. The van der Waals surface area contributed by atoms with Gasteiger partial charge in [-0.15, -0.1) is 11.3 Å². The average Bonchev–Trinajstić information content (AvgIpc) is 2.88. The zero-order chi connectivity index (χ0) is 18.3. The molecular formula is C13H9BrF3NO4S2. The van der Waals surface area contributed by atoms with Gasteiger partial charge in [-0.3, -0.25) is 0 Å². The van der Waals surface area contributed by atoms with Gasteiger partial charge in [0.15, 0.2) is 0 Å². The maximum atomic E-state index is 13.4. The van der Waals surface area contributed by atoms with Gasteiger partial charge in [0, 0.05) is 10.0 Å². The van der Waals surface area contributed by atoms with Crippen LogP contribution < -0.4 is 5.14 Å². The van der Waals surface area contributed by atoms with Crippen LogP contribution in [0.5, 0.6) is 0 Å². The Morgan fingerprint density at radius 2 is 1.79 bits per heavy atom. The third kappa shape index (κ3) is 3.63. The van der Waals surface area contributed by atoms with Gasteiger partial charge >= 0.3 is 12.1 Å². The molecule has 0 radical (unpaired) electrons. The number of hydrogen-bond acceptors (Lipinski definition) is 5. The first kappa shape index (κ1) is 18.9. The fourth-order valence-corrected chi connectivity index (χ4v) is 4.64. The summed E-state index contributed by atoms with van der Waals surface area (Å²) < 4.78 is 68.8. The van der Waals surface area contributed by atoms with Crippen molar-refractivity contribution < 1.29 is 31.1 Å². The lowest BCUT2D eigenvalue weighted by atomic mass is 10.1. The van der Waals surface area contributed by atoms with Crippen LogP contribution in [0.2, 0.25) is 0 Å². The fraction of sp³-hybridized carbons (Fsp3) is 0.154. The van der Waals surface area contributed by atoms with Crippen molar-refractivity contribution in [3.63, 3.8) is 0 Å². The molecule has 0 aliphatic rings. The van der Waals surface area contributed by atoms with E-state index in [1.165, 1.54) is 24.3 Å². The monoisotopic (exact) mass is 443 g/mol. The molecular weight excluding hydrogens is 435 g/mol. The van der Waals surface area contributed by atoms with Crippen molar-refractivity contribution in [3.05, 3.63) is 38.5 Å². The average molecular weight is 444 g/mol. The summed E-state index contributed by atoms with van der Waals surface area (Å²) in [6, 6.07) is 5.46. The standard InChI is InChI=1S/C13H9BrF3NO4S2/c1-22-12(19)9-10(24(18,20)21)8(11(23-9)13(15,16)17)6-2-4-7(14)5-3-6/h2-5H,1H3,(H2,18,20,21). The number of thiophene rings is 1. The van der Waals surface area contributed by atoms with Crippen molar-refractivity contribution in [1.82, 2.24) is 0 Å². The Morgan fingerprint density at radius 3 is 2.21 bits per heavy atom. The predicted molar refractivity (Wildman–Crippen MR) is 85.2 cm³/mol. The molecule has 0 spiro atoms. The van der Waals surface area contributed by atoms with Crippen molar-refractivity contribution >= 4 is 43.3 Å². The number of esters is 1. The first-order chi connectivity index (χ1) is 11.0. The lowest BCUT2D eigenvalue weighted by molar-refractivity contribution is -0.133. The summed E-state index contributed by atoms with van der Waals surface area (Å²) >= 11 is 3.12. The molecule has 0 aliphatic carbocycles. The van der Waals surface area contributed by atoms with Gasteiger partial charge in [-0.25, -0.2) is 18.4 Å². The van der Waals surface area contributed by atoms with Crippen LogP contribution in [0.15, 0.2) is 33.6 Å². The molecule has 0 fully saturated rings. The maximum absolute atomic E-state index is 13.4. The van der Waals surface area contributed by atoms with Gasteiger partial charge in [0.2, 0.25) is 10.0 Å². The van der Waals surface area contributed by atoms with Gasteiger partial charge in [0.25, 0.3) is 0 Å². The number of ether oxygens (including phenoxy) is 1. The van der Waals surface area contributed by atoms with E-state index in [4.69, 9.17) is 5.14 Å². The summed E-state index contributed by atoms with van der Waals surface area (Å²) in [5.41, 5.74) is -0.705. The van der Waals surface area contributed by atoms with Crippen LogP contribution >= 0.6 is 27.3 Å². The Bertz CT molecular complexity index is 889. The van der Waals surface area contributed by atoms with E-state index in [1.807, 2.05) is 0 Å². The van der Waals surface area contributed by atoms with Crippen LogP contribution in [0.4, 0.5) is 13.2 Å². The molecule has 130 valence electrons. The lowest BCUT2D eigenvalue weighted by Crippen LogP contribution is -2.17. The van der Waals surface area contributed by atoms with Gasteiger partial charge in [-0.05, 0) is 17.7 Å². The van der Waals surface area contributed by atoms with Crippen LogP contribution in [0, 0.1) is 0 Å². The zero-order valence-electron chi connectivity index (χ0n) is 11.8. The van der Waals surface area contributed by atoms with Crippen LogP contribution in [-0.4, -0.2) is 21.5 Å². The van der Waals surface area contributed by atoms with Crippen LogP contribution in [0.3, 0.4) is 0 Å². The number of rotatable bonds is 3. The molecule has 0 saturated carbocycles. The van der Waals surface area contributed by atoms with E-state index < -0.39 is 42.4 Å². The van der Waals surface area contributed by atoms with E-state index in [1.54, 1.807) is 0 Å². The first-order valence-electron chi connectivity index (χ1n) is 6.08. The van der Waals surface area contributed by atoms with Crippen LogP contribution in [0.25, 0.3) is 11.1 Å². The number of nitrogens with two attached hydrogens (primary N) is 1. The molecule has 1 aromatic heterocycles. The molecule has 0 unspecified atom stereocenters. The smallest absolute Gasteiger partial charge is 0.426 e. The molecule has 0 aliphatic heterocycles. The Balaban J connectivity index is 2.95. The number of methoxy groups -OCH3 is 1. The van der Waals surface area contributed by atoms with E-state index in [9.17, 15) is 26.4 Å². The highest BCUT2D eigenvalue weighted by molar-refractivity contribution is 9.10. The van der Waals surface area contributed by atoms with Crippen LogP contribution in [-0.2, 0) is 20.9 Å². The highest BCUT2D eigenvalue weighted by Crippen LogP contribution is 2.47. The van der Waals surface area contributed by atoms with E-state index in [-0.39, 0.29) is 16.9 Å². The van der Waals surface area contributed by atoms with Crippen molar-refractivity contribution in [3.8, 4) is 11.1 Å². The van der Waals surface area contributed by atoms with Crippen molar-refractivity contribution in [2.24, 2.45) is 5.14 Å². The van der Waals surface area contributed by atoms with E-state index in [0.717, 1.165) is 7.11 Å². The summed E-state index contributed by atoms with van der Waals surface area (Å²) in [4.78, 5) is 8.90.